The topological polar surface area (TPSA) is 18.5 Å². The largest absolute Gasteiger partial charge is 0.338 e. The van der Waals surface area contributed by atoms with Gasteiger partial charge < -0.3 is 4.89 Å². The van der Waals surface area contributed by atoms with Gasteiger partial charge >= 0.3 is 0 Å². The lowest BCUT2D eigenvalue weighted by Crippen LogP contribution is -1.91. The van der Waals surface area contributed by atoms with E-state index in [4.69, 9.17) is 4.89 Å². The minimum absolute atomic E-state index is 0. The Labute approximate surface area is 73.5 Å². The van der Waals surface area contributed by atoms with Gasteiger partial charge in [0.1, 0.15) is 0 Å². The predicted octanol–water partition coefficient (Wildman–Crippen LogP) is 2.05. The van der Waals surface area contributed by atoms with Gasteiger partial charge in [-0.1, -0.05) is 18.2 Å². The van der Waals surface area contributed by atoms with E-state index in [1.165, 1.54) is 7.11 Å². The van der Waals surface area contributed by atoms with Crippen LogP contribution in [0.1, 0.15) is 5.56 Å². The molecule has 0 spiro atoms. The first-order valence-corrected chi connectivity index (χ1v) is 3.11. The van der Waals surface area contributed by atoms with E-state index >= 15 is 0 Å². The lowest BCUT2D eigenvalue weighted by atomic mass is 10.2. The van der Waals surface area contributed by atoms with Crippen LogP contribution in [-0.4, -0.2) is 7.11 Å². The lowest BCUT2D eigenvalue weighted by molar-refractivity contribution is -0.178. The zero-order valence-electron chi connectivity index (χ0n) is 6.63. The maximum Gasteiger partial charge on any atom is 0.168 e. The fourth-order valence-electron chi connectivity index (χ4n) is 0.740. The SMILES string of the molecule is COOc1ccccc1C.S. The molecule has 0 aromatic heterocycles. The molecule has 0 saturated heterocycles. The van der Waals surface area contributed by atoms with Crippen molar-refractivity contribution in [2.45, 2.75) is 6.92 Å². The van der Waals surface area contributed by atoms with Crippen molar-refractivity contribution in [3.63, 3.8) is 0 Å². The van der Waals surface area contributed by atoms with Crippen molar-refractivity contribution in [1.29, 1.82) is 0 Å². The summed E-state index contributed by atoms with van der Waals surface area (Å²) in [4.78, 5) is 9.35. The van der Waals surface area contributed by atoms with E-state index < -0.39 is 0 Å². The molecule has 0 saturated carbocycles. The first-order chi connectivity index (χ1) is 4.84. The van der Waals surface area contributed by atoms with Crippen LogP contribution in [0.5, 0.6) is 5.75 Å². The Hall–Kier alpha value is -0.670. The summed E-state index contributed by atoms with van der Waals surface area (Å²) in [5.41, 5.74) is 1.07. The van der Waals surface area contributed by atoms with Crippen LogP contribution in [0, 0.1) is 6.92 Å². The van der Waals surface area contributed by atoms with Crippen molar-refractivity contribution in [3.8, 4) is 5.75 Å². The van der Waals surface area contributed by atoms with Gasteiger partial charge in [0.25, 0.3) is 0 Å². The molecule has 3 heteroatoms. The highest BCUT2D eigenvalue weighted by Crippen LogP contribution is 2.15. The summed E-state index contributed by atoms with van der Waals surface area (Å²) in [6, 6.07) is 7.69. The van der Waals surface area contributed by atoms with E-state index in [2.05, 4.69) is 4.89 Å². The second kappa shape index (κ2) is 5.04. The standard InChI is InChI=1S/C8H10O2.H2S/c1-7-5-3-4-6-8(7)10-9-2;/h3-6H,1-2H3;1H2. The van der Waals surface area contributed by atoms with Crippen LogP contribution in [0.15, 0.2) is 24.3 Å². The van der Waals surface area contributed by atoms with Crippen LogP contribution < -0.4 is 4.89 Å². The third-order valence-electron chi connectivity index (χ3n) is 1.27. The van der Waals surface area contributed by atoms with E-state index in [0.717, 1.165) is 11.3 Å². The molecule has 1 aromatic rings. The van der Waals surface area contributed by atoms with Crippen molar-refractivity contribution in [1.82, 2.24) is 0 Å². The van der Waals surface area contributed by atoms with Crippen molar-refractivity contribution in [2.24, 2.45) is 0 Å². The Morgan fingerprint density at radius 3 is 2.36 bits per heavy atom. The highest BCUT2D eigenvalue weighted by Gasteiger charge is 1.94. The van der Waals surface area contributed by atoms with Gasteiger partial charge in [-0.2, -0.15) is 18.4 Å². The second-order valence-corrected chi connectivity index (χ2v) is 2.02. The van der Waals surface area contributed by atoms with Gasteiger partial charge in [0, 0.05) is 0 Å². The Morgan fingerprint density at radius 1 is 1.18 bits per heavy atom. The summed E-state index contributed by atoms with van der Waals surface area (Å²) in [5.74, 6) is 0.769. The van der Waals surface area contributed by atoms with Crippen molar-refractivity contribution in [3.05, 3.63) is 29.8 Å². The minimum Gasteiger partial charge on any atom is -0.338 e. The summed E-state index contributed by atoms with van der Waals surface area (Å²) in [7, 11) is 1.49. The molecule has 0 aliphatic rings. The summed E-state index contributed by atoms with van der Waals surface area (Å²) in [6.45, 7) is 1.97. The molecule has 0 heterocycles. The van der Waals surface area contributed by atoms with E-state index in [1.54, 1.807) is 0 Å². The summed E-state index contributed by atoms with van der Waals surface area (Å²) >= 11 is 0. The molecular formula is C8H12O2S. The molecule has 1 aromatic carbocycles. The molecule has 0 aliphatic heterocycles. The quantitative estimate of drug-likeness (QED) is 0.502. The van der Waals surface area contributed by atoms with Crippen molar-refractivity contribution >= 4 is 13.5 Å². The molecule has 0 amide bonds. The molecular weight excluding hydrogens is 160 g/mol. The van der Waals surface area contributed by atoms with Crippen LogP contribution in [0.4, 0.5) is 0 Å². The molecule has 0 N–H and O–H groups in total. The van der Waals surface area contributed by atoms with Crippen LogP contribution in [0.3, 0.4) is 0 Å². The average Bonchev–Trinajstić information content (AvgIpc) is 1.94. The summed E-state index contributed by atoms with van der Waals surface area (Å²) < 4.78 is 0. The fourth-order valence-corrected chi connectivity index (χ4v) is 0.740. The number of benzene rings is 1. The minimum atomic E-state index is 0. The smallest absolute Gasteiger partial charge is 0.168 e. The van der Waals surface area contributed by atoms with Crippen molar-refractivity contribution < 1.29 is 9.78 Å². The van der Waals surface area contributed by atoms with Crippen LogP contribution >= 0.6 is 13.5 Å². The van der Waals surface area contributed by atoms with Crippen LogP contribution in [0.2, 0.25) is 0 Å². The van der Waals surface area contributed by atoms with E-state index in [9.17, 15) is 0 Å². The molecule has 0 radical (unpaired) electrons. The lowest BCUT2D eigenvalue weighted by Gasteiger charge is -2.02. The molecule has 11 heavy (non-hydrogen) atoms. The molecule has 0 atom stereocenters. The van der Waals surface area contributed by atoms with Gasteiger partial charge in [0.05, 0.1) is 7.11 Å². The number of para-hydroxylation sites is 1. The van der Waals surface area contributed by atoms with Crippen LogP contribution in [-0.2, 0) is 4.89 Å². The second-order valence-electron chi connectivity index (χ2n) is 2.02. The Morgan fingerprint density at radius 2 is 1.82 bits per heavy atom. The first kappa shape index (κ1) is 10.3. The van der Waals surface area contributed by atoms with Gasteiger partial charge in [0.15, 0.2) is 5.75 Å². The van der Waals surface area contributed by atoms with Gasteiger partial charge in [0.2, 0.25) is 0 Å². The number of aryl methyl sites for hydroxylation is 1. The average molecular weight is 172 g/mol. The van der Waals surface area contributed by atoms with E-state index in [1.807, 2.05) is 31.2 Å². The highest BCUT2D eigenvalue weighted by molar-refractivity contribution is 7.59. The Kier molecular flexibility index (Phi) is 4.74. The van der Waals surface area contributed by atoms with Crippen molar-refractivity contribution in [2.75, 3.05) is 7.11 Å². The van der Waals surface area contributed by atoms with Gasteiger partial charge in [-0.3, -0.25) is 0 Å². The molecule has 0 aliphatic carbocycles. The van der Waals surface area contributed by atoms with Gasteiger partial charge in [-0.25, -0.2) is 0 Å². The fraction of sp³-hybridized carbons (Fsp3) is 0.250. The van der Waals surface area contributed by atoms with E-state index in [0.29, 0.717) is 0 Å². The third-order valence-corrected chi connectivity index (χ3v) is 1.27. The molecule has 0 bridgehead atoms. The summed E-state index contributed by atoms with van der Waals surface area (Å²) in [5, 5.41) is 0. The molecule has 1 rings (SSSR count). The molecule has 2 nitrogen and oxygen atoms in total. The molecule has 62 valence electrons. The highest BCUT2D eigenvalue weighted by atomic mass is 32.1. The Balaban J connectivity index is 0.000001000. The molecule has 0 fully saturated rings. The number of hydrogen-bond acceptors (Lipinski definition) is 2. The third kappa shape index (κ3) is 2.82. The monoisotopic (exact) mass is 172 g/mol. The summed E-state index contributed by atoms with van der Waals surface area (Å²) in [6.07, 6.45) is 0. The number of hydrogen-bond donors (Lipinski definition) is 0. The predicted molar refractivity (Wildman–Crippen MR) is 49.2 cm³/mol. The van der Waals surface area contributed by atoms with Gasteiger partial charge in [-0.15, -0.1) is 0 Å². The molecule has 0 unspecified atom stereocenters. The zero-order chi connectivity index (χ0) is 7.40. The Bertz CT molecular complexity index is 213. The normalized spacial score (nSPS) is 8.55. The van der Waals surface area contributed by atoms with Crippen LogP contribution in [0.25, 0.3) is 0 Å². The van der Waals surface area contributed by atoms with Gasteiger partial charge in [-0.05, 0) is 18.6 Å². The maximum absolute atomic E-state index is 4.84. The maximum atomic E-state index is 4.84. The first-order valence-electron chi connectivity index (χ1n) is 3.11. The van der Waals surface area contributed by atoms with E-state index in [-0.39, 0.29) is 13.5 Å². The number of rotatable bonds is 2. The zero-order valence-corrected chi connectivity index (χ0v) is 7.63.